The van der Waals surface area contributed by atoms with Crippen LogP contribution in [0.4, 0.5) is 13.2 Å². The minimum atomic E-state index is -4.69. The van der Waals surface area contributed by atoms with E-state index in [0.29, 0.717) is 17.9 Å². The third kappa shape index (κ3) is 3.88. The van der Waals surface area contributed by atoms with E-state index in [1.165, 1.54) is 24.3 Å². The highest BCUT2D eigenvalue weighted by molar-refractivity contribution is 5.32. The average molecular weight is 288 g/mol. The van der Waals surface area contributed by atoms with Crippen LogP contribution in [0.3, 0.4) is 0 Å². The Bertz CT molecular complexity index is 471. The van der Waals surface area contributed by atoms with Crippen LogP contribution in [0.15, 0.2) is 36.1 Å². The number of benzene rings is 1. The molecule has 0 amide bonds. The molecule has 4 nitrogen and oxygen atoms in total. The molecule has 20 heavy (non-hydrogen) atoms. The molecular weight excluding hydrogens is 273 g/mol. The second kappa shape index (κ2) is 6.15. The highest BCUT2D eigenvalue weighted by Crippen LogP contribution is 2.28. The standard InChI is InChI=1S/C13H15F3N2O2/c14-13(15,16)20-10-6-4-9(5-7-10)12(18-17)11-3-1-2-8-19-11/h3-7,12,18H,1-2,8,17H2. The summed E-state index contributed by atoms with van der Waals surface area (Å²) in [5.41, 5.74) is 3.30. The number of rotatable bonds is 4. The molecule has 1 aromatic rings. The largest absolute Gasteiger partial charge is 0.573 e. The van der Waals surface area contributed by atoms with Gasteiger partial charge in [-0.05, 0) is 36.6 Å². The lowest BCUT2D eigenvalue weighted by molar-refractivity contribution is -0.274. The van der Waals surface area contributed by atoms with E-state index in [1.54, 1.807) is 0 Å². The first-order valence-electron chi connectivity index (χ1n) is 6.14. The van der Waals surface area contributed by atoms with Crippen molar-refractivity contribution in [3.8, 4) is 5.75 Å². The molecule has 110 valence electrons. The van der Waals surface area contributed by atoms with Gasteiger partial charge in [-0.15, -0.1) is 13.2 Å². The quantitative estimate of drug-likeness (QED) is 0.661. The molecule has 0 spiro atoms. The van der Waals surface area contributed by atoms with Gasteiger partial charge >= 0.3 is 6.36 Å². The van der Waals surface area contributed by atoms with Gasteiger partial charge in [-0.25, -0.2) is 5.43 Å². The molecule has 0 aliphatic carbocycles. The molecule has 1 aliphatic rings. The summed E-state index contributed by atoms with van der Waals surface area (Å²) in [5.74, 6) is 5.91. The fourth-order valence-corrected chi connectivity index (χ4v) is 1.98. The molecule has 0 radical (unpaired) electrons. The SMILES string of the molecule is NNC(C1=CCCCO1)c1ccc(OC(F)(F)F)cc1. The predicted octanol–water partition coefficient (Wildman–Crippen LogP) is 2.78. The molecule has 1 atom stereocenters. The van der Waals surface area contributed by atoms with Gasteiger partial charge in [-0.1, -0.05) is 12.1 Å². The van der Waals surface area contributed by atoms with Crippen LogP contribution in [0.2, 0.25) is 0 Å². The number of nitrogens with two attached hydrogens (primary N) is 1. The molecule has 3 N–H and O–H groups in total. The van der Waals surface area contributed by atoms with Crippen molar-refractivity contribution < 1.29 is 22.6 Å². The lowest BCUT2D eigenvalue weighted by atomic mass is 10.0. The monoisotopic (exact) mass is 288 g/mol. The summed E-state index contributed by atoms with van der Waals surface area (Å²) in [6, 6.07) is 5.15. The van der Waals surface area contributed by atoms with Crippen LogP contribution in [-0.4, -0.2) is 13.0 Å². The van der Waals surface area contributed by atoms with Crippen LogP contribution in [0, 0.1) is 0 Å². The van der Waals surface area contributed by atoms with Gasteiger partial charge in [0.05, 0.1) is 6.61 Å². The smallest absolute Gasteiger partial charge is 0.496 e. The molecule has 0 saturated carbocycles. The summed E-state index contributed by atoms with van der Waals surface area (Å²) in [6.07, 6.45) is -0.932. The van der Waals surface area contributed by atoms with Crippen LogP contribution in [0.5, 0.6) is 5.75 Å². The average Bonchev–Trinajstić information content (AvgIpc) is 2.41. The lowest BCUT2D eigenvalue weighted by Crippen LogP contribution is -2.31. The van der Waals surface area contributed by atoms with Gasteiger partial charge in [0.25, 0.3) is 0 Å². The molecule has 0 bridgehead atoms. The number of halogens is 3. The maximum absolute atomic E-state index is 12.1. The van der Waals surface area contributed by atoms with E-state index in [2.05, 4.69) is 10.2 Å². The summed E-state index contributed by atoms with van der Waals surface area (Å²) in [7, 11) is 0. The van der Waals surface area contributed by atoms with Crippen molar-refractivity contribution in [2.45, 2.75) is 25.2 Å². The van der Waals surface area contributed by atoms with Crippen molar-refractivity contribution in [1.29, 1.82) is 0 Å². The van der Waals surface area contributed by atoms with Gasteiger partial charge in [0.1, 0.15) is 17.6 Å². The Kier molecular flexibility index (Phi) is 4.51. The molecule has 7 heteroatoms. The van der Waals surface area contributed by atoms with E-state index in [-0.39, 0.29) is 11.8 Å². The number of hydrogen-bond donors (Lipinski definition) is 2. The Balaban J connectivity index is 2.13. The van der Waals surface area contributed by atoms with Crippen molar-refractivity contribution in [2.24, 2.45) is 5.84 Å². The summed E-state index contributed by atoms with van der Waals surface area (Å²) < 4.78 is 45.5. The lowest BCUT2D eigenvalue weighted by Gasteiger charge is -2.23. The van der Waals surface area contributed by atoms with Crippen LogP contribution in [0.1, 0.15) is 24.4 Å². The molecule has 0 saturated heterocycles. The first kappa shape index (κ1) is 14.7. The zero-order valence-corrected chi connectivity index (χ0v) is 10.6. The second-order valence-electron chi connectivity index (χ2n) is 4.31. The molecule has 1 heterocycles. The predicted molar refractivity (Wildman–Crippen MR) is 66.5 cm³/mol. The summed E-state index contributed by atoms with van der Waals surface area (Å²) in [4.78, 5) is 0. The zero-order valence-electron chi connectivity index (χ0n) is 10.6. The fraction of sp³-hybridized carbons (Fsp3) is 0.385. The summed E-state index contributed by atoms with van der Waals surface area (Å²) in [6.45, 7) is 0.610. The van der Waals surface area contributed by atoms with E-state index in [4.69, 9.17) is 10.6 Å². The minimum Gasteiger partial charge on any atom is -0.496 e. The van der Waals surface area contributed by atoms with Crippen LogP contribution in [0.25, 0.3) is 0 Å². The van der Waals surface area contributed by atoms with E-state index < -0.39 is 6.36 Å². The Morgan fingerprint density at radius 2 is 1.95 bits per heavy atom. The maximum Gasteiger partial charge on any atom is 0.573 e. The van der Waals surface area contributed by atoms with Crippen LogP contribution >= 0.6 is 0 Å². The minimum absolute atomic E-state index is 0.268. The third-order valence-electron chi connectivity index (χ3n) is 2.86. The first-order chi connectivity index (χ1) is 9.49. The Hall–Kier alpha value is -1.73. The number of hydrazine groups is 1. The van der Waals surface area contributed by atoms with Crippen molar-refractivity contribution in [3.63, 3.8) is 0 Å². The molecular formula is C13H15F3N2O2. The maximum atomic E-state index is 12.1. The number of nitrogens with one attached hydrogen (secondary N) is 1. The molecule has 1 aliphatic heterocycles. The van der Waals surface area contributed by atoms with Gasteiger partial charge in [-0.3, -0.25) is 5.84 Å². The van der Waals surface area contributed by atoms with Gasteiger partial charge < -0.3 is 9.47 Å². The first-order valence-corrected chi connectivity index (χ1v) is 6.14. The van der Waals surface area contributed by atoms with Gasteiger partial charge in [0.2, 0.25) is 0 Å². The van der Waals surface area contributed by atoms with Gasteiger partial charge in [0, 0.05) is 0 Å². The number of hydrogen-bond acceptors (Lipinski definition) is 4. The Labute approximate surface area is 114 Å². The van der Waals surface area contributed by atoms with E-state index in [0.717, 1.165) is 12.8 Å². The number of allylic oxidation sites excluding steroid dienone is 1. The number of ether oxygens (including phenoxy) is 2. The third-order valence-corrected chi connectivity index (χ3v) is 2.86. The van der Waals surface area contributed by atoms with Crippen molar-refractivity contribution >= 4 is 0 Å². The van der Waals surface area contributed by atoms with E-state index in [1.807, 2.05) is 6.08 Å². The van der Waals surface area contributed by atoms with Gasteiger partial charge in [0.15, 0.2) is 0 Å². The van der Waals surface area contributed by atoms with Crippen molar-refractivity contribution in [1.82, 2.24) is 5.43 Å². The van der Waals surface area contributed by atoms with Crippen LogP contribution < -0.4 is 16.0 Å². The molecule has 0 aromatic heterocycles. The van der Waals surface area contributed by atoms with Crippen LogP contribution in [-0.2, 0) is 4.74 Å². The van der Waals surface area contributed by atoms with E-state index in [9.17, 15) is 13.2 Å². The molecule has 1 aromatic carbocycles. The topological polar surface area (TPSA) is 56.5 Å². The summed E-state index contributed by atoms with van der Waals surface area (Å²) >= 11 is 0. The zero-order chi connectivity index (χ0) is 14.6. The van der Waals surface area contributed by atoms with Gasteiger partial charge in [-0.2, -0.15) is 0 Å². The molecule has 2 rings (SSSR count). The molecule has 0 fully saturated rings. The fourth-order valence-electron chi connectivity index (χ4n) is 1.98. The highest BCUT2D eigenvalue weighted by Gasteiger charge is 2.31. The van der Waals surface area contributed by atoms with Crippen molar-refractivity contribution in [3.05, 3.63) is 41.7 Å². The normalized spacial score (nSPS) is 17.1. The number of alkyl halides is 3. The Morgan fingerprint density at radius 1 is 1.25 bits per heavy atom. The van der Waals surface area contributed by atoms with E-state index >= 15 is 0 Å². The molecule has 1 unspecified atom stereocenters. The highest BCUT2D eigenvalue weighted by atomic mass is 19.4. The summed E-state index contributed by atoms with van der Waals surface area (Å²) in [5, 5.41) is 0. The van der Waals surface area contributed by atoms with Crippen molar-refractivity contribution in [2.75, 3.05) is 6.61 Å². The second-order valence-corrected chi connectivity index (χ2v) is 4.31. The Morgan fingerprint density at radius 3 is 2.45 bits per heavy atom.